The first-order valence-corrected chi connectivity index (χ1v) is 21.6. The van der Waals surface area contributed by atoms with Crippen molar-refractivity contribution < 1.29 is 0 Å². The molecule has 1 N–H and O–H groups in total. The highest BCUT2D eigenvalue weighted by atomic mass is 79.9. The molecule has 0 spiro atoms. The Morgan fingerprint density at radius 1 is 0.455 bits per heavy atom. The zero-order chi connectivity index (χ0) is 46.7. The van der Waals surface area contributed by atoms with Crippen LogP contribution in [0.3, 0.4) is 0 Å². The van der Waals surface area contributed by atoms with E-state index >= 15 is 0 Å². The maximum atomic E-state index is 8.57. The fraction of sp³-hybridized carbons (Fsp3) is 0.250. The van der Waals surface area contributed by atoms with Gasteiger partial charge in [-0.25, -0.2) is 0 Å². The second kappa shape index (κ2) is 29.6. The molecule has 0 aromatic carbocycles. The maximum Gasteiger partial charge on any atom is 0.128 e. The molecule has 0 aliphatic carbocycles. The number of nitrogens with zero attached hydrogens (tertiary/aromatic N) is 15. The second-order valence-corrected chi connectivity index (χ2v) is 14.7. The van der Waals surface area contributed by atoms with Gasteiger partial charge in [-0.05, 0) is 95.1 Å². The van der Waals surface area contributed by atoms with Gasteiger partial charge in [0.15, 0.2) is 0 Å². The standard InChI is InChI=1S/3C12H12N4.C10H11N3.C2H2BrN.H3P/c3*1-10(11-2-6-14-7-3-11)12-4-8-16(15-12)9-5-13;1-8(10-4-7-12-13-10)9-2-5-11-6-3-9;3-1-2-4;/h3*2-4,6-8,10H,9H2,1H3;2-8H,1H3,(H,12,13);1H2;1H3/t2*10-;;;;/m10..../s1. The normalized spacial score (nSPS) is 11.5. The Balaban J connectivity index is 0.000000227. The van der Waals surface area contributed by atoms with Gasteiger partial charge in [0.25, 0.3) is 0 Å². The van der Waals surface area contributed by atoms with Gasteiger partial charge in [0.1, 0.15) is 19.6 Å². The molecule has 8 aromatic heterocycles. The number of H-pyrrole nitrogens is 1. The van der Waals surface area contributed by atoms with Crippen LogP contribution < -0.4 is 0 Å². The van der Waals surface area contributed by atoms with Gasteiger partial charge >= 0.3 is 0 Å². The van der Waals surface area contributed by atoms with Crippen molar-refractivity contribution in [2.45, 2.75) is 71.0 Å². The van der Waals surface area contributed by atoms with E-state index < -0.39 is 0 Å². The summed E-state index contributed by atoms with van der Waals surface area (Å²) in [7, 11) is 0. The van der Waals surface area contributed by atoms with Crippen molar-refractivity contribution in [3.63, 3.8) is 0 Å². The third-order valence-corrected chi connectivity index (χ3v) is 10.1. The summed E-state index contributed by atoms with van der Waals surface area (Å²) in [6.45, 7) is 9.30. The lowest BCUT2D eigenvalue weighted by Crippen LogP contribution is -2.01. The second-order valence-electron chi connectivity index (χ2n) is 14.1. The fourth-order valence-corrected chi connectivity index (χ4v) is 6.11. The van der Waals surface area contributed by atoms with Crippen molar-refractivity contribution in [1.82, 2.24) is 59.5 Å². The highest BCUT2D eigenvalue weighted by molar-refractivity contribution is 9.09. The summed E-state index contributed by atoms with van der Waals surface area (Å²) < 4.78 is 4.94. The van der Waals surface area contributed by atoms with Crippen molar-refractivity contribution in [3.8, 4) is 24.3 Å². The van der Waals surface area contributed by atoms with Gasteiger partial charge in [0.2, 0.25) is 0 Å². The average Bonchev–Trinajstić information content (AvgIpc) is 4.23. The van der Waals surface area contributed by atoms with Crippen LogP contribution in [0, 0.1) is 45.3 Å². The summed E-state index contributed by atoms with van der Waals surface area (Å²) >= 11 is 2.89. The zero-order valence-corrected chi connectivity index (χ0v) is 40.3. The van der Waals surface area contributed by atoms with Gasteiger partial charge in [-0.1, -0.05) is 43.6 Å². The van der Waals surface area contributed by atoms with Crippen LogP contribution in [0.1, 0.15) is 96.4 Å². The molecule has 66 heavy (non-hydrogen) atoms. The summed E-state index contributed by atoms with van der Waals surface area (Å²) in [5.74, 6) is 1.03. The van der Waals surface area contributed by atoms with Gasteiger partial charge in [0.05, 0.1) is 46.7 Å². The van der Waals surface area contributed by atoms with Gasteiger partial charge in [-0.2, -0.15) is 51.3 Å². The molecular weight excluding hydrogens is 912 g/mol. The number of nitriles is 4. The molecule has 0 aliphatic heterocycles. The third-order valence-electron chi connectivity index (χ3n) is 9.89. The van der Waals surface area contributed by atoms with Gasteiger partial charge in [-0.15, -0.1) is 0 Å². The zero-order valence-electron chi connectivity index (χ0n) is 37.3. The largest absolute Gasteiger partial charge is 0.282 e. The number of hydrogen-bond donors (Lipinski definition) is 1. The molecule has 3 unspecified atom stereocenters. The number of nitrogens with one attached hydrogen (secondary N) is 1. The van der Waals surface area contributed by atoms with E-state index in [0.717, 1.165) is 22.8 Å². The Kier molecular flexibility index (Phi) is 23.6. The van der Waals surface area contributed by atoms with Crippen LogP contribution in [0.25, 0.3) is 0 Å². The average molecular weight is 964 g/mol. The summed E-state index contributed by atoms with van der Waals surface area (Å²) in [5, 5.41) is 53.7. The van der Waals surface area contributed by atoms with E-state index in [0.29, 0.717) is 30.9 Å². The molecule has 0 fully saturated rings. The highest BCUT2D eigenvalue weighted by Gasteiger charge is 2.13. The van der Waals surface area contributed by atoms with E-state index in [2.05, 4.69) is 107 Å². The predicted molar refractivity (Wildman–Crippen MR) is 260 cm³/mol. The monoisotopic (exact) mass is 962 g/mol. The van der Waals surface area contributed by atoms with Crippen LogP contribution in [0.2, 0.25) is 0 Å². The SMILES string of the molecule is CC(c1ccncc1)c1ccn(CC#N)n1.CC(c1ccncc1)c1ccn[nH]1.C[C@@H](c1ccncc1)c1ccn(CC#N)n1.C[C@H](c1ccncc1)c1ccn(CC#N)n1.N#CCBr.P. The fourth-order valence-electron chi connectivity index (χ4n) is 6.11. The molecule has 0 aliphatic rings. The lowest BCUT2D eigenvalue weighted by molar-refractivity contribution is 0.681. The van der Waals surface area contributed by atoms with E-state index in [1.54, 1.807) is 57.4 Å². The predicted octanol–water partition coefficient (Wildman–Crippen LogP) is 8.78. The third kappa shape index (κ3) is 17.1. The quantitative estimate of drug-likeness (QED) is 0.0947. The Morgan fingerprint density at radius 3 is 0.985 bits per heavy atom. The molecule has 0 bridgehead atoms. The maximum absolute atomic E-state index is 8.57. The first-order valence-electron chi connectivity index (χ1n) is 20.5. The summed E-state index contributed by atoms with van der Waals surface area (Å²) in [5.41, 5.74) is 8.83. The first kappa shape index (κ1) is 52.7. The minimum atomic E-state index is 0. The molecule has 0 amide bonds. The molecule has 8 aromatic rings. The Hall–Kier alpha value is -7.69. The number of aromatic amines is 1. The Labute approximate surface area is 397 Å². The molecule has 0 saturated carbocycles. The first-order chi connectivity index (χ1) is 31.7. The number of aromatic nitrogens is 12. The molecule has 8 rings (SSSR count). The number of alkyl halides is 1. The van der Waals surface area contributed by atoms with Crippen molar-refractivity contribution in [2.24, 2.45) is 0 Å². The summed E-state index contributed by atoms with van der Waals surface area (Å²) in [6, 6.07) is 31.8. The smallest absolute Gasteiger partial charge is 0.128 e. The molecule has 5 atom stereocenters. The minimum absolute atomic E-state index is 0. The molecule has 0 radical (unpaired) electrons. The summed E-state index contributed by atoms with van der Waals surface area (Å²) in [4.78, 5) is 15.9. The lowest BCUT2D eigenvalue weighted by atomic mass is 9.99. The number of hydrogen-bond acceptors (Lipinski definition) is 12. The molecule has 16 nitrogen and oxygen atoms in total. The van der Waals surface area contributed by atoms with Crippen molar-refractivity contribution >= 4 is 25.8 Å². The van der Waals surface area contributed by atoms with E-state index in [9.17, 15) is 0 Å². The molecule has 336 valence electrons. The van der Waals surface area contributed by atoms with Crippen LogP contribution in [0.4, 0.5) is 0 Å². The number of halogens is 1. The van der Waals surface area contributed by atoms with Crippen molar-refractivity contribution in [1.29, 1.82) is 21.0 Å². The van der Waals surface area contributed by atoms with Gasteiger partial charge in [0, 0.05) is 104 Å². The number of rotatable bonds is 11. The van der Waals surface area contributed by atoms with E-state index in [1.807, 2.05) is 110 Å². The van der Waals surface area contributed by atoms with Crippen LogP contribution in [0.15, 0.2) is 147 Å². The molecule has 18 heteroatoms. The van der Waals surface area contributed by atoms with Crippen molar-refractivity contribution in [3.05, 3.63) is 192 Å². The van der Waals surface area contributed by atoms with Crippen molar-refractivity contribution in [2.75, 3.05) is 5.33 Å². The van der Waals surface area contributed by atoms with Crippen LogP contribution in [0.5, 0.6) is 0 Å². The lowest BCUT2D eigenvalue weighted by Gasteiger charge is -2.08. The van der Waals surface area contributed by atoms with E-state index in [4.69, 9.17) is 21.0 Å². The van der Waals surface area contributed by atoms with Gasteiger partial charge in [-0.3, -0.25) is 39.1 Å². The van der Waals surface area contributed by atoms with Crippen LogP contribution in [-0.4, -0.2) is 64.8 Å². The van der Waals surface area contributed by atoms with E-state index in [1.165, 1.54) is 22.3 Å². The summed E-state index contributed by atoms with van der Waals surface area (Å²) in [6.07, 6.45) is 21.5. The highest BCUT2D eigenvalue weighted by Crippen LogP contribution is 2.24. The Bertz CT molecular complexity index is 2470. The van der Waals surface area contributed by atoms with Crippen LogP contribution >= 0.6 is 25.8 Å². The Morgan fingerprint density at radius 2 is 0.742 bits per heavy atom. The van der Waals surface area contributed by atoms with Gasteiger partial charge < -0.3 is 0 Å². The molecule has 8 heterocycles. The molecule has 0 saturated heterocycles. The van der Waals surface area contributed by atoms with E-state index in [-0.39, 0.29) is 27.7 Å². The number of pyridine rings is 4. The minimum Gasteiger partial charge on any atom is -0.282 e. The van der Waals surface area contributed by atoms with Crippen LogP contribution in [-0.2, 0) is 19.6 Å². The topological polar surface area (TPSA) is 229 Å². The molecular formula is C48H52BrN16P.